The second kappa shape index (κ2) is 7.72. The van der Waals surface area contributed by atoms with E-state index in [2.05, 4.69) is 21.7 Å². The highest BCUT2D eigenvalue weighted by atomic mass is 16.3. The molecule has 7 heteroatoms. The van der Waals surface area contributed by atoms with Crippen LogP contribution in [0.15, 0.2) is 44.5 Å². The highest BCUT2D eigenvalue weighted by Gasteiger charge is 2.25. The van der Waals surface area contributed by atoms with E-state index in [1.54, 1.807) is 18.4 Å². The van der Waals surface area contributed by atoms with E-state index < -0.39 is 0 Å². The number of hydrogen-bond acceptors (Lipinski definition) is 6. The van der Waals surface area contributed by atoms with Crippen LogP contribution in [0, 0.1) is 5.92 Å². The minimum Gasteiger partial charge on any atom is -0.464 e. The first-order chi connectivity index (χ1) is 14.6. The molecule has 30 heavy (non-hydrogen) atoms. The number of aromatic nitrogens is 2. The quantitative estimate of drug-likeness (QED) is 0.720. The summed E-state index contributed by atoms with van der Waals surface area (Å²) in [5.41, 5.74) is 2.80. The number of para-hydroxylation sites is 1. The van der Waals surface area contributed by atoms with Crippen LogP contribution in [0.25, 0.3) is 11.0 Å². The van der Waals surface area contributed by atoms with E-state index in [1.807, 2.05) is 12.1 Å². The molecular formula is C23H26N4O3. The van der Waals surface area contributed by atoms with Gasteiger partial charge in [-0.05, 0) is 37.3 Å². The van der Waals surface area contributed by atoms with Gasteiger partial charge in [-0.3, -0.25) is 19.5 Å². The number of aromatic amines is 1. The Kier molecular flexibility index (Phi) is 4.90. The average molecular weight is 406 g/mol. The van der Waals surface area contributed by atoms with Gasteiger partial charge >= 0.3 is 0 Å². The molecule has 2 aliphatic rings. The van der Waals surface area contributed by atoms with Crippen molar-refractivity contribution in [2.24, 2.45) is 5.92 Å². The van der Waals surface area contributed by atoms with Crippen LogP contribution >= 0.6 is 0 Å². The van der Waals surface area contributed by atoms with E-state index in [0.717, 1.165) is 30.8 Å². The fraction of sp³-hybridized carbons (Fsp3) is 0.435. The van der Waals surface area contributed by atoms with Gasteiger partial charge in [-0.25, -0.2) is 4.98 Å². The molecule has 0 radical (unpaired) electrons. The Hall–Kier alpha value is -2.93. The molecule has 0 spiro atoms. The van der Waals surface area contributed by atoms with Crippen molar-refractivity contribution in [2.75, 3.05) is 24.5 Å². The molecule has 0 saturated carbocycles. The number of rotatable bonds is 3. The summed E-state index contributed by atoms with van der Waals surface area (Å²) >= 11 is 0. The van der Waals surface area contributed by atoms with Crippen molar-refractivity contribution in [3.05, 3.63) is 67.9 Å². The van der Waals surface area contributed by atoms with Crippen LogP contribution in [0.4, 0.5) is 5.95 Å². The molecule has 7 nitrogen and oxygen atoms in total. The van der Waals surface area contributed by atoms with Crippen molar-refractivity contribution < 1.29 is 4.42 Å². The Labute approximate surface area is 174 Å². The highest BCUT2D eigenvalue weighted by molar-refractivity contribution is 5.76. The fourth-order valence-corrected chi connectivity index (χ4v) is 4.62. The van der Waals surface area contributed by atoms with Gasteiger partial charge in [-0.2, -0.15) is 0 Å². The highest BCUT2D eigenvalue weighted by Crippen LogP contribution is 2.22. The maximum atomic E-state index is 12.8. The summed E-state index contributed by atoms with van der Waals surface area (Å²) in [5.74, 6) is 1.28. The summed E-state index contributed by atoms with van der Waals surface area (Å²) in [6.07, 6.45) is 4.53. The van der Waals surface area contributed by atoms with Crippen molar-refractivity contribution >= 4 is 16.9 Å². The SMILES string of the molecule is C[C@@H]1CCCN(c2nc3c(c(=O)[nH]2)CCN(Cc2coc4ccccc4c2=O)C3)C1. The van der Waals surface area contributed by atoms with Gasteiger partial charge in [0.05, 0.1) is 17.3 Å². The predicted octanol–water partition coefficient (Wildman–Crippen LogP) is 2.67. The number of anilines is 1. The Morgan fingerprint density at radius 2 is 2.10 bits per heavy atom. The zero-order chi connectivity index (χ0) is 20.7. The molecule has 1 N–H and O–H groups in total. The van der Waals surface area contributed by atoms with Gasteiger partial charge in [0.1, 0.15) is 5.58 Å². The smallest absolute Gasteiger partial charge is 0.255 e. The fourth-order valence-electron chi connectivity index (χ4n) is 4.62. The Morgan fingerprint density at radius 1 is 1.23 bits per heavy atom. The number of fused-ring (bicyclic) bond motifs is 2. The maximum Gasteiger partial charge on any atom is 0.255 e. The first kappa shape index (κ1) is 19.1. The second-order valence-corrected chi connectivity index (χ2v) is 8.56. The van der Waals surface area contributed by atoms with Crippen molar-refractivity contribution in [1.29, 1.82) is 0 Å². The van der Waals surface area contributed by atoms with Gasteiger partial charge < -0.3 is 9.32 Å². The summed E-state index contributed by atoms with van der Waals surface area (Å²) in [6.45, 7) is 5.83. The maximum absolute atomic E-state index is 12.8. The monoisotopic (exact) mass is 406 g/mol. The molecule has 1 atom stereocenters. The number of H-pyrrole nitrogens is 1. The molecule has 2 aliphatic heterocycles. The summed E-state index contributed by atoms with van der Waals surface area (Å²) in [6, 6.07) is 7.30. The topological polar surface area (TPSA) is 82.4 Å². The van der Waals surface area contributed by atoms with Crippen molar-refractivity contribution in [2.45, 2.75) is 39.3 Å². The largest absolute Gasteiger partial charge is 0.464 e. The lowest BCUT2D eigenvalue weighted by molar-refractivity contribution is 0.238. The standard InChI is InChI=1S/C23H26N4O3/c1-15-5-4-9-27(11-15)23-24-19-13-26(10-8-17(19)22(29)25-23)12-16-14-30-20-7-3-2-6-18(20)21(16)28/h2-3,6-7,14-15H,4-5,8-13H2,1H3,(H,24,25,29)/t15-/m1/s1. The van der Waals surface area contributed by atoms with E-state index in [1.165, 1.54) is 6.42 Å². The zero-order valence-corrected chi connectivity index (χ0v) is 17.2. The second-order valence-electron chi connectivity index (χ2n) is 8.56. The van der Waals surface area contributed by atoms with E-state index in [0.29, 0.717) is 54.5 Å². The van der Waals surface area contributed by atoms with Crippen molar-refractivity contribution in [1.82, 2.24) is 14.9 Å². The van der Waals surface area contributed by atoms with Gasteiger partial charge in [-0.1, -0.05) is 19.1 Å². The molecule has 1 fully saturated rings. The number of piperidine rings is 1. The Morgan fingerprint density at radius 3 is 2.97 bits per heavy atom. The number of nitrogens with one attached hydrogen (secondary N) is 1. The molecule has 5 rings (SSSR count). The molecule has 0 amide bonds. The molecule has 4 heterocycles. The predicted molar refractivity (Wildman–Crippen MR) is 116 cm³/mol. The minimum atomic E-state index is -0.0295. The lowest BCUT2D eigenvalue weighted by atomic mass is 10.0. The molecule has 156 valence electrons. The van der Waals surface area contributed by atoms with Crippen LogP contribution in [0.1, 0.15) is 36.6 Å². The van der Waals surface area contributed by atoms with E-state index >= 15 is 0 Å². The summed E-state index contributed by atoms with van der Waals surface area (Å²) in [7, 11) is 0. The molecule has 1 aromatic carbocycles. The minimum absolute atomic E-state index is 0.00417. The molecule has 0 unspecified atom stereocenters. The lowest BCUT2D eigenvalue weighted by Crippen LogP contribution is -2.40. The molecule has 3 aromatic rings. The van der Waals surface area contributed by atoms with E-state index in [-0.39, 0.29) is 11.0 Å². The van der Waals surface area contributed by atoms with Crippen molar-refractivity contribution in [3.63, 3.8) is 0 Å². The Bertz CT molecular complexity index is 1200. The van der Waals surface area contributed by atoms with Crippen LogP contribution in [0.5, 0.6) is 0 Å². The molecule has 0 bridgehead atoms. The van der Waals surface area contributed by atoms with Crippen LogP contribution in [-0.4, -0.2) is 34.5 Å². The van der Waals surface area contributed by atoms with Gasteiger partial charge in [0, 0.05) is 43.9 Å². The molecule has 2 aromatic heterocycles. The third kappa shape index (κ3) is 3.54. The van der Waals surface area contributed by atoms with E-state index in [9.17, 15) is 9.59 Å². The average Bonchev–Trinajstić information content (AvgIpc) is 2.76. The summed E-state index contributed by atoms with van der Waals surface area (Å²) in [5, 5.41) is 0.600. The lowest BCUT2D eigenvalue weighted by Gasteiger charge is -2.33. The molecule has 0 aliphatic carbocycles. The van der Waals surface area contributed by atoms with Crippen LogP contribution in [0.2, 0.25) is 0 Å². The first-order valence-corrected chi connectivity index (χ1v) is 10.7. The number of hydrogen-bond donors (Lipinski definition) is 1. The van der Waals surface area contributed by atoms with Gasteiger partial charge in [0.2, 0.25) is 5.95 Å². The van der Waals surface area contributed by atoms with Gasteiger partial charge in [0.15, 0.2) is 5.43 Å². The number of benzene rings is 1. The first-order valence-electron chi connectivity index (χ1n) is 10.7. The zero-order valence-electron chi connectivity index (χ0n) is 17.2. The van der Waals surface area contributed by atoms with Crippen LogP contribution < -0.4 is 15.9 Å². The number of nitrogens with zero attached hydrogens (tertiary/aromatic N) is 3. The summed E-state index contributed by atoms with van der Waals surface area (Å²) in [4.78, 5) is 37.7. The van der Waals surface area contributed by atoms with Gasteiger partial charge in [0.25, 0.3) is 5.56 Å². The third-order valence-corrected chi connectivity index (χ3v) is 6.24. The third-order valence-electron chi connectivity index (χ3n) is 6.24. The van der Waals surface area contributed by atoms with Crippen molar-refractivity contribution in [3.8, 4) is 0 Å². The van der Waals surface area contributed by atoms with E-state index in [4.69, 9.17) is 9.40 Å². The summed E-state index contributed by atoms with van der Waals surface area (Å²) < 4.78 is 5.66. The molecular weight excluding hydrogens is 380 g/mol. The molecule has 1 saturated heterocycles. The Balaban J connectivity index is 1.40. The van der Waals surface area contributed by atoms with Crippen LogP contribution in [-0.2, 0) is 19.5 Å². The normalized spacial score (nSPS) is 19.8. The van der Waals surface area contributed by atoms with Gasteiger partial charge in [-0.15, -0.1) is 0 Å². The van der Waals surface area contributed by atoms with Crippen LogP contribution in [0.3, 0.4) is 0 Å².